The molecule has 2 N–H and O–H groups in total. The fourth-order valence-corrected chi connectivity index (χ4v) is 3.37. The van der Waals surface area contributed by atoms with Crippen molar-refractivity contribution in [2.45, 2.75) is 12.8 Å². The van der Waals surface area contributed by atoms with E-state index in [1.165, 1.54) is 32.5 Å². The van der Waals surface area contributed by atoms with E-state index in [4.69, 9.17) is 0 Å². The van der Waals surface area contributed by atoms with Crippen molar-refractivity contribution in [3.05, 3.63) is 0 Å². The summed E-state index contributed by atoms with van der Waals surface area (Å²) in [4.78, 5) is 7.23. The Morgan fingerprint density at radius 3 is 2.33 bits per heavy atom. The van der Waals surface area contributed by atoms with Gasteiger partial charge in [-0.1, -0.05) is 0 Å². The van der Waals surface area contributed by atoms with Crippen LogP contribution >= 0.6 is 0 Å². The monoisotopic (exact) mass is 285 g/mol. The van der Waals surface area contributed by atoms with Crippen LogP contribution in [0.3, 0.4) is 0 Å². The van der Waals surface area contributed by atoms with Gasteiger partial charge in [0.25, 0.3) is 0 Å². The van der Waals surface area contributed by atoms with E-state index in [9.17, 15) is 0 Å². The predicted molar refractivity (Wildman–Crippen MR) is 51.4 cm³/mol. The van der Waals surface area contributed by atoms with E-state index < -0.39 is 18.7 Å². The first kappa shape index (κ1) is 10.7. The summed E-state index contributed by atoms with van der Waals surface area (Å²) in [6.45, 7) is 3.72. The Bertz CT molecular complexity index is 125. The zero-order valence-electron chi connectivity index (χ0n) is 8.49. The number of hydrogen-bond donors (Lipinski definition) is 2. The van der Waals surface area contributed by atoms with E-state index in [2.05, 4.69) is 23.6 Å². The van der Waals surface area contributed by atoms with Gasteiger partial charge in [0.2, 0.25) is 0 Å². The summed E-state index contributed by atoms with van der Waals surface area (Å²) in [5, 5.41) is 3.40. The molecule has 0 amide bonds. The Balaban J connectivity index is 2.13. The normalized spacial score (nSPS) is 22.6. The quantitative estimate of drug-likeness (QED) is 0.341. The van der Waals surface area contributed by atoms with E-state index in [-0.39, 0.29) is 0 Å². The van der Waals surface area contributed by atoms with Crippen molar-refractivity contribution < 1.29 is 18.7 Å². The summed E-state index contributed by atoms with van der Waals surface area (Å²) in [7, 11) is 0. The van der Waals surface area contributed by atoms with Crippen LogP contribution < -0.4 is 27.6 Å². The average Bonchev–Trinajstić information content (AvgIpc) is 2.02. The summed E-state index contributed by atoms with van der Waals surface area (Å²) >= 11 is -1.39. The molecule has 0 saturated carbocycles. The van der Waals surface area contributed by atoms with Gasteiger partial charge in [-0.15, -0.1) is 0 Å². The summed E-state index contributed by atoms with van der Waals surface area (Å²) in [6, 6.07) is 0. The molecule has 1 aliphatic heterocycles. The van der Waals surface area contributed by atoms with Crippen molar-refractivity contribution in [3.63, 3.8) is 0 Å². The van der Waals surface area contributed by atoms with Gasteiger partial charge in [-0.25, -0.2) is 0 Å². The molecule has 1 heterocycles. The van der Waals surface area contributed by atoms with Gasteiger partial charge in [0.1, 0.15) is 0 Å². The molecule has 12 heavy (non-hydrogen) atoms. The number of rotatable bonds is 3. The first-order valence-corrected chi connectivity index (χ1v) is 12.2. The molecule has 0 radical (unpaired) electrons. The Labute approximate surface area is 80.7 Å². The van der Waals surface area contributed by atoms with Gasteiger partial charge in [0, 0.05) is 0 Å². The van der Waals surface area contributed by atoms with Crippen LogP contribution in [0.15, 0.2) is 0 Å². The molecule has 0 bridgehead atoms. The van der Waals surface area contributed by atoms with Gasteiger partial charge in [-0.05, 0) is 0 Å². The molecular formula is C9H22IN2-. The molecule has 3 heteroatoms. The molecule has 0 aromatic rings. The fraction of sp³-hybridized carbons (Fsp3) is 1.00. The SMILES string of the molecule is C[I-](C)(C)NCC1CCNCC1. The number of piperidine rings is 1. The molecule has 0 unspecified atom stereocenters. The second-order valence-corrected chi connectivity index (χ2v) is 14.7. The molecule has 0 atom stereocenters. The summed E-state index contributed by atoms with van der Waals surface area (Å²) in [5.41, 5.74) is 0. The van der Waals surface area contributed by atoms with Crippen molar-refractivity contribution in [1.29, 1.82) is 0 Å². The van der Waals surface area contributed by atoms with Gasteiger partial charge in [-0.2, -0.15) is 0 Å². The summed E-state index contributed by atoms with van der Waals surface area (Å²) < 4.78 is 3.74. The van der Waals surface area contributed by atoms with Crippen molar-refractivity contribution in [1.82, 2.24) is 8.85 Å². The van der Waals surface area contributed by atoms with E-state index in [0.717, 1.165) is 5.92 Å². The Morgan fingerprint density at radius 1 is 1.25 bits per heavy atom. The number of alkyl halides is 3. The molecule has 1 fully saturated rings. The molecule has 0 aromatic carbocycles. The van der Waals surface area contributed by atoms with Crippen LogP contribution in [0.25, 0.3) is 0 Å². The van der Waals surface area contributed by atoms with E-state index in [1.54, 1.807) is 0 Å². The van der Waals surface area contributed by atoms with E-state index in [0.29, 0.717) is 0 Å². The molecule has 0 aliphatic carbocycles. The molecule has 0 aromatic heterocycles. The number of nitrogens with one attached hydrogen (secondary N) is 2. The van der Waals surface area contributed by atoms with E-state index in [1.807, 2.05) is 0 Å². The van der Waals surface area contributed by atoms with Gasteiger partial charge in [0.15, 0.2) is 0 Å². The molecule has 1 saturated heterocycles. The molecule has 1 rings (SSSR count). The van der Waals surface area contributed by atoms with Crippen LogP contribution in [0.2, 0.25) is 0 Å². The fourth-order valence-electron chi connectivity index (χ4n) is 1.43. The Hall–Kier alpha value is 0.650. The summed E-state index contributed by atoms with van der Waals surface area (Å²) in [6.07, 6.45) is 2.73. The van der Waals surface area contributed by atoms with Gasteiger partial charge in [-0.3, -0.25) is 0 Å². The molecular weight excluding hydrogens is 263 g/mol. The van der Waals surface area contributed by atoms with Crippen molar-refractivity contribution in [2.75, 3.05) is 34.4 Å². The third kappa shape index (κ3) is 4.62. The molecule has 76 valence electrons. The first-order chi connectivity index (χ1) is 5.58. The molecule has 2 nitrogen and oxygen atoms in total. The number of halogens is 1. The standard InChI is InChI=1S/C9H22IN2/c1-10(2,3)12-8-9-4-6-11-7-5-9/h9,11-12H,4-8H2,1-3H3/q-1. The van der Waals surface area contributed by atoms with Crippen LogP contribution in [0.1, 0.15) is 12.8 Å². The molecule has 0 spiro atoms. The average molecular weight is 285 g/mol. The van der Waals surface area contributed by atoms with Crippen molar-refractivity contribution >= 4 is 0 Å². The number of hydrogen-bond acceptors (Lipinski definition) is 2. The van der Waals surface area contributed by atoms with E-state index >= 15 is 0 Å². The minimum absolute atomic E-state index is 0.939. The van der Waals surface area contributed by atoms with Gasteiger partial charge in [0.05, 0.1) is 0 Å². The topological polar surface area (TPSA) is 24.1 Å². The Kier molecular flexibility index (Phi) is 4.26. The second kappa shape index (κ2) is 4.77. The van der Waals surface area contributed by atoms with Crippen molar-refractivity contribution in [3.8, 4) is 0 Å². The zero-order valence-corrected chi connectivity index (χ0v) is 10.6. The third-order valence-electron chi connectivity index (χ3n) is 2.23. The van der Waals surface area contributed by atoms with Crippen molar-refractivity contribution in [2.24, 2.45) is 5.92 Å². The van der Waals surface area contributed by atoms with Gasteiger partial charge >= 0.3 is 80.7 Å². The minimum atomic E-state index is -1.39. The maximum atomic E-state index is 3.74. The Morgan fingerprint density at radius 2 is 1.83 bits per heavy atom. The van der Waals surface area contributed by atoms with Crippen LogP contribution in [0, 0.1) is 5.92 Å². The third-order valence-corrected chi connectivity index (χ3v) is 4.95. The first-order valence-electron chi connectivity index (χ1n) is 4.61. The molecule has 1 aliphatic rings. The van der Waals surface area contributed by atoms with Gasteiger partial charge < -0.3 is 0 Å². The summed E-state index contributed by atoms with van der Waals surface area (Å²) in [5.74, 6) is 0.939. The van der Waals surface area contributed by atoms with Crippen LogP contribution in [-0.2, 0) is 0 Å². The second-order valence-electron chi connectivity index (χ2n) is 4.23. The van der Waals surface area contributed by atoms with Crippen LogP contribution in [0.4, 0.5) is 0 Å². The van der Waals surface area contributed by atoms with Crippen LogP contribution in [-0.4, -0.2) is 34.4 Å². The zero-order chi connectivity index (χ0) is 9.03. The maximum absolute atomic E-state index is 3.74. The predicted octanol–water partition coefficient (Wildman–Crippen LogP) is -2.46. The van der Waals surface area contributed by atoms with Crippen LogP contribution in [0.5, 0.6) is 0 Å².